The van der Waals surface area contributed by atoms with Crippen LogP contribution in [-0.2, 0) is 4.79 Å². The van der Waals surface area contributed by atoms with E-state index in [1.165, 1.54) is 16.0 Å². The SMILES string of the molecule is Cc1ccc(SCCC(=O)Nc2ccccn2)cc1C. The molecule has 0 radical (unpaired) electrons. The lowest BCUT2D eigenvalue weighted by Crippen LogP contribution is -2.12. The summed E-state index contributed by atoms with van der Waals surface area (Å²) >= 11 is 1.70. The van der Waals surface area contributed by atoms with E-state index in [0.29, 0.717) is 12.2 Å². The molecule has 0 fully saturated rings. The van der Waals surface area contributed by atoms with Crippen molar-refractivity contribution in [3.05, 3.63) is 53.7 Å². The molecule has 0 saturated carbocycles. The van der Waals surface area contributed by atoms with Gasteiger partial charge in [-0.05, 0) is 49.2 Å². The smallest absolute Gasteiger partial charge is 0.226 e. The van der Waals surface area contributed by atoms with E-state index in [0.717, 1.165) is 5.75 Å². The highest BCUT2D eigenvalue weighted by Crippen LogP contribution is 2.21. The van der Waals surface area contributed by atoms with Crippen molar-refractivity contribution in [2.45, 2.75) is 25.2 Å². The van der Waals surface area contributed by atoms with Crippen LogP contribution in [0.1, 0.15) is 17.5 Å². The average molecular weight is 286 g/mol. The van der Waals surface area contributed by atoms with Crippen LogP contribution in [0.5, 0.6) is 0 Å². The van der Waals surface area contributed by atoms with Crippen LogP contribution in [0.25, 0.3) is 0 Å². The lowest BCUT2D eigenvalue weighted by molar-refractivity contribution is -0.115. The zero-order chi connectivity index (χ0) is 14.4. The number of aromatic nitrogens is 1. The molecule has 0 aliphatic carbocycles. The summed E-state index contributed by atoms with van der Waals surface area (Å²) in [5, 5.41) is 2.79. The summed E-state index contributed by atoms with van der Waals surface area (Å²) in [5.74, 6) is 1.37. The van der Waals surface area contributed by atoms with Gasteiger partial charge >= 0.3 is 0 Å². The van der Waals surface area contributed by atoms with E-state index in [-0.39, 0.29) is 5.91 Å². The molecule has 4 heteroatoms. The van der Waals surface area contributed by atoms with Crippen molar-refractivity contribution in [1.29, 1.82) is 0 Å². The second-order valence-corrected chi connectivity index (χ2v) is 5.78. The number of carbonyl (C=O) groups excluding carboxylic acids is 1. The molecule has 0 bridgehead atoms. The molecule has 1 heterocycles. The first-order valence-electron chi connectivity index (χ1n) is 6.56. The van der Waals surface area contributed by atoms with Gasteiger partial charge in [-0.15, -0.1) is 11.8 Å². The zero-order valence-corrected chi connectivity index (χ0v) is 12.5. The van der Waals surface area contributed by atoms with Crippen LogP contribution in [0, 0.1) is 13.8 Å². The van der Waals surface area contributed by atoms with E-state index in [9.17, 15) is 4.79 Å². The van der Waals surface area contributed by atoms with Crippen LogP contribution in [-0.4, -0.2) is 16.6 Å². The number of hydrogen-bond acceptors (Lipinski definition) is 3. The molecule has 1 aromatic carbocycles. The molecule has 3 nitrogen and oxygen atoms in total. The van der Waals surface area contributed by atoms with Gasteiger partial charge in [0.05, 0.1) is 0 Å². The molecule has 0 aliphatic rings. The Morgan fingerprint density at radius 3 is 2.75 bits per heavy atom. The number of nitrogens with one attached hydrogen (secondary N) is 1. The molecular formula is C16H18N2OS. The zero-order valence-electron chi connectivity index (χ0n) is 11.7. The number of anilines is 1. The standard InChI is InChI=1S/C16H18N2OS/c1-12-6-7-14(11-13(12)2)20-10-8-16(19)18-15-5-3-4-9-17-15/h3-7,9,11H,8,10H2,1-2H3,(H,17,18,19). The molecule has 104 valence electrons. The van der Waals surface area contributed by atoms with Crippen LogP contribution in [0.3, 0.4) is 0 Å². The highest BCUT2D eigenvalue weighted by atomic mass is 32.2. The normalized spacial score (nSPS) is 10.3. The summed E-state index contributed by atoms with van der Waals surface area (Å²) in [5.41, 5.74) is 2.58. The number of carbonyl (C=O) groups is 1. The topological polar surface area (TPSA) is 42.0 Å². The van der Waals surface area contributed by atoms with Crippen LogP contribution < -0.4 is 5.32 Å². The number of benzene rings is 1. The van der Waals surface area contributed by atoms with Crippen molar-refractivity contribution in [1.82, 2.24) is 4.98 Å². The summed E-state index contributed by atoms with van der Waals surface area (Å²) in [6.45, 7) is 4.21. The lowest BCUT2D eigenvalue weighted by atomic mass is 10.1. The third-order valence-corrected chi connectivity index (χ3v) is 4.00. The summed E-state index contributed by atoms with van der Waals surface area (Å²) in [6.07, 6.45) is 2.15. The molecule has 0 atom stereocenters. The Morgan fingerprint density at radius 1 is 1.20 bits per heavy atom. The Hall–Kier alpha value is -1.81. The number of amides is 1. The van der Waals surface area contributed by atoms with E-state index < -0.39 is 0 Å². The molecule has 2 rings (SSSR count). The second-order valence-electron chi connectivity index (χ2n) is 4.61. The molecule has 0 saturated heterocycles. The molecule has 0 unspecified atom stereocenters. The third-order valence-electron chi connectivity index (χ3n) is 3.01. The number of pyridine rings is 1. The maximum absolute atomic E-state index is 11.8. The molecule has 0 spiro atoms. The van der Waals surface area contributed by atoms with Crippen molar-refractivity contribution in [3.63, 3.8) is 0 Å². The van der Waals surface area contributed by atoms with Crippen molar-refractivity contribution in [2.75, 3.05) is 11.1 Å². The average Bonchev–Trinajstić information content (AvgIpc) is 2.44. The summed E-state index contributed by atoms with van der Waals surface area (Å²) in [4.78, 5) is 17.0. The Morgan fingerprint density at radius 2 is 2.05 bits per heavy atom. The Kier molecular flexibility index (Phi) is 5.18. The van der Waals surface area contributed by atoms with E-state index in [1.54, 1.807) is 24.0 Å². The largest absolute Gasteiger partial charge is 0.311 e. The highest BCUT2D eigenvalue weighted by Gasteiger charge is 2.04. The van der Waals surface area contributed by atoms with Crippen LogP contribution in [0.4, 0.5) is 5.82 Å². The number of hydrogen-bond donors (Lipinski definition) is 1. The number of rotatable bonds is 5. The quantitative estimate of drug-likeness (QED) is 0.850. The van der Waals surface area contributed by atoms with Crippen LogP contribution in [0.15, 0.2) is 47.5 Å². The third kappa shape index (κ3) is 4.38. The first kappa shape index (κ1) is 14.6. The minimum Gasteiger partial charge on any atom is -0.311 e. The fourth-order valence-corrected chi connectivity index (χ4v) is 2.65. The van der Waals surface area contributed by atoms with Gasteiger partial charge in [-0.2, -0.15) is 0 Å². The second kappa shape index (κ2) is 7.10. The predicted molar refractivity (Wildman–Crippen MR) is 84.1 cm³/mol. The van der Waals surface area contributed by atoms with Crippen molar-refractivity contribution in [2.24, 2.45) is 0 Å². The molecule has 1 aromatic heterocycles. The maximum Gasteiger partial charge on any atom is 0.226 e. The molecule has 2 aromatic rings. The fourth-order valence-electron chi connectivity index (χ4n) is 1.71. The minimum absolute atomic E-state index is 0.0000311. The Bertz CT molecular complexity index is 584. The van der Waals surface area contributed by atoms with Gasteiger partial charge in [-0.1, -0.05) is 12.1 Å². The highest BCUT2D eigenvalue weighted by molar-refractivity contribution is 7.99. The van der Waals surface area contributed by atoms with E-state index in [2.05, 4.69) is 42.3 Å². The predicted octanol–water partition coefficient (Wildman–Crippen LogP) is 3.82. The van der Waals surface area contributed by atoms with E-state index >= 15 is 0 Å². The first-order chi connectivity index (χ1) is 9.65. The molecule has 0 aliphatic heterocycles. The summed E-state index contributed by atoms with van der Waals surface area (Å²) in [7, 11) is 0. The number of thioether (sulfide) groups is 1. The van der Waals surface area contributed by atoms with Crippen LogP contribution in [0.2, 0.25) is 0 Å². The van der Waals surface area contributed by atoms with Crippen molar-refractivity contribution < 1.29 is 4.79 Å². The Balaban J connectivity index is 1.78. The fraction of sp³-hybridized carbons (Fsp3) is 0.250. The monoisotopic (exact) mass is 286 g/mol. The van der Waals surface area contributed by atoms with Crippen molar-refractivity contribution >= 4 is 23.5 Å². The minimum atomic E-state index is 0.0000311. The van der Waals surface area contributed by atoms with Gasteiger partial charge in [0, 0.05) is 23.3 Å². The molecular weight excluding hydrogens is 268 g/mol. The van der Waals surface area contributed by atoms with Crippen LogP contribution >= 0.6 is 11.8 Å². The first-order valence-corrected chi connectivity index (χ1v) is 7.54. The van der Waals surface area contributed by atoms with Gasteiger partial charge in [-0.3, -0.25) is 4.79 Å². The maximum atomic E-state index is 11.8. The van der Waals surface area contributed by atoms with Crippen molar-refractivity contribution in [3.8, 4) is 0 Å². The van der Waals surface area contributed by atoms with Gasteiger partial charge in [0.2, 0.25) is 5.91 Å². The van der Waals surface area contributed by atoms with Gasteiger partial charge in [0.15, 0.2) is 0 Å². The summed E-state index contributed by atoms with van der Waals surface area (Å²) < 4.78 is 0. The molecule has 20 heavy (non-hydrogen) atoms. The van der Waals surface area contributed by atoms with E-state index in [4.69, 9.17) is 0 Å². The Labute approximate surface area is 123 Å². The molecule has 1 N–H and O–H groups in total. The molecule has 1 amide bonds. The van der Waals surface area contributed by atoms with Gasteiger partial charge in [0.25, 0.3) is 0 Å². The van der Waals surface area contributed by atoms with E-state index in [1.807, 2.05) is 12.1 Å². The number of aryl methyl sites for hydroxylation is 2. The lowest BCUT2D eigenvalue weighted by Gasteiger charge is -2.06. The summed E-state index contributed by atoms with van der Waals surface area (Å²) in [6, 6.07) is 11.8. The van der Waals surface area contributed by atoms with Gasteiger partial charge < -0.3 is 5.32 Å². The van der Waals surface area contributed by atoms with Gasteiger partial charge in [-0.25, -0.2) is 4.98 Å². The van der Waals surface area contributed by atoms with Gasteiger partial charge in [0.1, 0.15) is 5.82 Å². The number of nitrogens with zero attached hydrogens (tertiary/aromatic N) is 1.